The van der Waals surface area contributed by atoms with Gasteiger partial charge in [0.05, 0.1) is 18.5 Å². The highest BCUT2D eigenvalue weighted by molar-refractivity contribution is 5.91. The van der Waals surface area contributed by atoms with E-state index in [0.717, 1.165) is 16.5 Å². The maximum atomic E-state index is 10.4. The van der Waals surface area contributed by atoms with Gasteiger partial charge in [0.15, 0.2) is 5.58 Å². The number of hydrogen-bond donors (Lipinski definition) is 1. The minimum absolute atomic E-state index is 0.360. The van der Waals surface area contributed by atoms with E-state index in [4.69, 9.17) is 9.78 Å². The summed E-state index contributed by atoms with van der Waals surface area (Å²) in [6.07, 6.45) is 5.96. The fourth-order valence-corrected chi connectivity index (χ4v) is 2.05. The normalized spacial score (nSPS) is 12.4. The molecule has 0 aromatic carbocycles. The van der Waals surface area contributed by atoms with Crippen molar-refractivity contribution in [1.29, 1.82) is 5.26 Å². The van der Waals surface area contributed by atoms with Gasteiger partial charge in [-0.3, -0.25) is 4.79 Å². The maximum Gasteiger partial charge on any atom is 0.208 e. The number of hydrogen-bond acceptors (Lipinski definition) is 5. The lowest BCUT2D eigenvalue weighted by molar-refractivity contribution is -0.109. The topological polar surface area (TPSA) is 96.2 Å². The molecule has 3 aromatic rings. The van der Waals surface area contributed by atoms with Gasteiger partial charge < -0.3 is 9.84 Å². The number of nitrogens with one attached hydrogen (secondary N) is 1. The molecule has 0 aliphatic rings. The summed E-state index contributed by atoms with van der Waals surface area (Å²) in [6.45, 7) is 0. The molecule has 0 aliphatic heterocycles. The molecule has 0 bridgehead atoms. The van der Waals surface area contributed by atoms with E-state index in [-0.39, 0.29) is 0 Å². The Hall–Kier alpha value is -2.88. The Morgan fingerprint density at radius 2 is 2.47 bits per heavy atom. The molecular formula is C12H9N5O2. The zero-order valence-electron chi connectivity index (χ0n) is 9.78. The zero-order valence-corrected chi connectivity index (χ0v) is 9.78. The van der Waals surface area contributed by atoms with Crippen LogP contribution in [0.3, 0.4) is 0 Å². The Bertz CT molecular complexity index is 782. The number of carbonyl (C=O) groups is 1. The van der Waals surface area contributed by atoms with Crippen molar-refractivity contribution >= 4 is 22.9 Å². The lowest BCUT2D eigenvalue weighted by Crippen LogP contribution is -2.28. The molecule has 3 rings (SSSR count). The molecule has 7 heteroatoms. The first-order valence-electron chi connectivity index (χ1n) is 5.62. The van der Waals surface area contributed by atoms with E-state index in [2.05, 4.69) is 15.6 Å². The van der Waals surface area contributed by atoms with Crippen LogP contribution in [0.25, 0.3) is 16.5 Å². The Morgan fingerprint density at radius 1 is 1.58 bits per heavy atom. The fraction of sp³-hybridized carbons (Fsp3) is 0.167. The predicted octanol–water partition coefficient (Wildman–Crippen LogP) is 0.656. The summed E-state index contributed by atoms with van der Waals surface area (Å²) in [5.74, 6) is 0. The second kappa shape index (κ2) is 4.42. The van der Waals surface area contributed by atoms with Gasteiger partial charge in [0.25, 0.3) is 0 Å². The van der Waals surface area contributed by atoms with Crippen molar-refractivity contribution in [1.82, 2.24) is 20.1 Å². The largest absolute Gasteiger partial charge is 0.354 e. The smallest absolute Gasteiger partial charge is 0.208 e. The Morgan fingerprint density at radius 3 is 3.26 bits per heavy atom. The summed E-state index contributed by atoms with van der Waals surface area (Å²) in [7, 11) is 0. The second-order valence-electron chi connectivity index (χ2n) is 4.06. The molecule has 0 fully saturated rings. The van der Waals surface area contributed by atoms with Gasteiger partial charge in [0.2, 0.25) is 6.41 Å². The van der Waals surface area contributed by atoms with Gasteiger partial charge in [-0.05, 0) is 6.07 Å². The molecular weight excluding hydrogens is 246 g/mol. The van der Waals surface area contributed by atoms with Crippen LogP contribution in [0, 0.1) is 11.3 Å². The van der Waals surface area contributed by atoms with Gasteiger partial charge in [-0.1, -0.05) is 5.16 Å². The fourth-order valence-electron chi connectivity index (χ4n) is 2.05. The average molecular weight is 255 g/mol. The van der Waals surface area contributed by atoms with Crippen molar-refractivity contribution in [3.05, 3.63) is 30.2 Å². The third kappa shape index (κ3) is 1.79. The Kier molecular flexibility index (Phi) is 2.61. The van der Waals surface area contributed by atoms with E-state index >= 15 is 0 Å². The summed E-state index contributed by atoms with van der Waals surface area (Å²) >= 11 is 0. The summed E-state index contributed by atoms with van der Waals surface area (Å²) in [5, 5.41) is 20.2. The van der Waals surface area contributed by atoms with Crippen molar-refractivity contribution < 1.29 is 9.32 Å². The van der Waals surface area contributed by atoms with Crippen molar-refractivity contribution in [3.63, 3.8) is 0 Å². The van der Waals surface area contributed by atoms with Gasteiger partial charge in [-0.25, -0.2) is 4.52 Å². The molecule has 1 N–H and O–H groups in total. The SMILES string of the molecule is N#CC(Cc1cnn2ccc3cnoc3c12)NC=O. The van der Waals surface area contributed by atoms with E-state index < -0.39 is 6.04 Å². The van der Waals surface area contributed by atoms with Crippen LogP contribution in [-0.4, -0.2) is 27.2 Å². The van der Waals surface area contributed by atoms with E-state index in [1.807, 2.05) is 12.1 Å². The minimum atomic E-state index is -0.594. The van der Waals surface area contributed by atoms with Gasteiger partial charge >= 0.3 is 0 Å². The molecule has 0 saturated heterocycles. The summed E-state index contributed by atoms with van der Waals surface area (Å²) in [4.78, 5) is 10.4. The van der Waals surface area contributed by atoms with Gasteiger partial charge in [0, 0.05) is 23.6 Å². The van der Waals surface area contributed by atoms with Crippen molar-refractivity contribution in [3.8, 4) is 6.07 Å². The number of rotatable bonds is 4. The predicted molar refractivity (Wildman–Crippen MR) is 65.1 cm³/mol. The molecule has 0 aliphatic carbocycles. The summed E-state index contributed by atoms with van der Waals surface area (Å²) < 4.78 is 6.89. The highest BCUT2D eigenvalue weighted by Gasteiger charge is 2.15. The summed E-state index contributed by atoms with van der Waals surface area (Å²) in [6, 6.07) is 3.28. The molecule has 0 radical (unpaired) electrons. The van der Waals surface area contributed by atoms with Gasteiger partial charge in [0.1, 0.15) is 11.6 Å². The van der Waals surface area contributed by atoms with Crippen molar-refractivity contribution in [2.45, 2.75) is 12.5 Å². The lowest BCUT2D eigenvalue weighted by Gasteiger charge is -2.05. The van der Waals surface area contributed by atoms with E-state index in [1.165, 1.54) is 0 Å². The molecule has 1 unspecified atom stereocenters. The van der Waals surface area contributed by atoms with Crippen molar-refractivity contribution in [2.75, 3.05) is 0 Å². The third-order valence-corrected chi connectivity index (χ3v) is 2.93. The molecule has 3 aromatic heterocycles. The first kappa shape index (κ1) is 11.2. The molecule has 1 amide bonds. The van der Waals surface area contributed by atoms with Crippen LogP contribution in [0.1, 0.15) is 5.56 Å². The van der Waals surface area contributed by atoms with Crippen LogP contribution in [-0.2, 0) is 11.2 Å². The number of amides is 1. The van der Waals surface area contributed by atoms with Crippen LogP contribution in [0.2, 0.25) is 0 Å². The van der Waals surface area contributed by atoms with Crippen LogP contribution in [0.5, 0.6) is 0 Å². The first-order valence-corrected chi connectivity index (χ1v) is 5.62. The van der Waals surface area contributed by atoms with E-state index in [1.54, 1.807) is 23.1 Å². The first-order chi connectivity index (χ1) is 9.33. The molecule has 7 nitrogen and oxygen atoms in total. The zero-order chi connectivity index (χ0) is 13.2. The Balaban J connectivity index is 2.11. The van der Waals surface area contributed by atoms with Crippen LogP contribution in [0.15, 0.2) is 29.2 Å². The average Bonchev–Trinajstić information content (AvgIpc) is 3.03. The minimum Gasteiger partial charge on any atom is -0.354 e. The monoisotopic (exact) mass is 255 g/mol. The summed E-state index contributed by atoms with van der Waals surface area (Å²) in [5.41, 5.74) is 2.21. The highest BCUT2D eigenvalue weighted by atomic mass is 16.5. The van der Waals surface area contributed by atoms with Crippen LogP contribution >= 0.6 is 0 Å². The second-order valence-corrected chi connectivity index (χ2v) is 4.06. The van der Waals surface area contributed by atoms with E-state index in [9.17, 15) is 4.79 Å². The van der Waals surface area contributed by atoms with Gasteiger partial charge in [-0.2, -0.15) is 10.4 Å². The van der Waals surface area contributed by atoms with E-state index in [0.29, 0.717) is 18.4 Å². The maximum absolute atomic E-state index is 10.4. The quantitative estimate of drug-likeness (QED) is 0.690. The number of nitrogens with zero attached hydrogens (tertiary/aromatic N) is 4. The molecule has 0 saturated carbocycles. The molecule has 0 spiro atoms. The van der Waals surface area contributed by atoms with Gasteiger partial charge in [-0.15, -0.1) is 0 Å². The lowest BCUT2D eigenvalue weighted by atomic mass is 10.1. The van der Waals surface area contributed by atoms with Crippen molar-refractivity contribution in [2.24, 2.45) is 0 Å². The third-order valence-electron chi connectivity index (χ3n) is 2.93. The number of aromatic nitrogens is 3. The number of nitriles is 1. The molecule has 1 atom stereocenters. The van der Waals surface area contributed by atoms with Crippen LogP contribution in [0.4, 0.5) is 0 Å². The molecule has 94 valence electrons. The molecule has 3 heterocycles. The number of carbonyl (C=O) groups excluding carboxylic acids is 1. The number of fused-ring (bicyclic) bond motifs is 3. The highest BCUT2D eigenvalue weighted by Crippen LogP contribution is 2.23. The molecule has 19 heavy (non-hydrogen) atoms. The Labute approximate surface area is 107 Å². The number of pyridine rings is 1. The van der Waals surface area contributed by atoms with Crippen LogP contribution < -0.4 is 5.32 Å². The standard InChI is InChI=1S/C12H9N5O2/c13-4-10(14-7-18)3-9-5-15-17-2-1-8-6-16-19-12(8)11(9)17/h1-2,5-7,10H,3H2,(H,14,18).